The molecule has 4 heterocycles. The average molecular weight is 596 g/mol. The van der Waals surface area contributed by atoms with Crippen LogP contribution >= 0.6 is 0 Å². The van der Waals surface area contributed by atoms with Crippen LogP contribution in [0.25, 0.3) is 22.2 Å². The van der Waals surface area contributed by atoms with Gasteiger partial charge in [-0.25, -0.2) is 31.8 Å². The van der Waals surface area contributed by atoms with Crippen LogP contribution in [-0.2, 0) is 19.9 Å². The fraction of sp³-hybridized carbons (Fsp3) is 0.429. The number of anilines is 3. The Morgan fingerprint density at radius 3 is 2.49 bits per heavy atom. The lowest BCUT2D eigenvalue weighted by atomic mass is 9.88. The van der Waals surface area contributed by atoms with E-state index in [9.17, 15) is 16.8 Å². The summed E-state index contributed by atoms with van der Waals surface area (Å²) in [4.78, 5) is 15.8. The first-order chi connectivity index (χ1) is 19.4. The second kappa shape index (κ2) is 10.1. The molecule has 1 saturated carbocycles. The van der Waals surface area contributed by atoms with Crippen molar-refractivity contribution in [2.24, 2.45) is 5.92 Å². The lowest BCUT2D eigenvalue weighted by Crippen LogP contribution is -2.57. The molecule has 41 heavy (non-hydrogen) atoms. The molecule has 2 aliphatic rings. The summed E-state index contributed by atoms with van der Waals surface area (Å²) >= 11 is 0. The molecule has 0 bridgehead atoms. The summed E-state index contributed by atoms with van der Waals surface area (Å²) in [5, 5.41) is 9.03. The summed E-state index contributed by atoms with van der Waals surface area (Å²) in [6.07, 6.45) is 8.98. The van der Waals surface area contributed by atoms with Gasteiger partial charge in [-0.3, -0.25) is 0 Å². The third-order valence-corrected chi connectivity index (χ3v) is 11.0. The lowest BCUT2D eigenvalue weighted by molar-refractivity contribution is 0.342. The molecule has 1 saturated heterocycles. The number of sulfone groups is 1. The number of hydrogen-bond acceptors (Lipinski definition) is 10. The van der Waals surface area contributed by atoms with E-state index < -0.39 is 19.9 Å². The summed E-state index contributed by atoms with van der Waals surface area (Å²) in [5.41, 5.74) is 2.74. The molecule has 2 atom stereocenters. The van der Waals surface area contributed by atoms with Crippen LogP contribution in [0.3, 0.4) is 0 Å². The minimum absolute atomic E-state index is 0.103. The predicted molar refractivity (Wildman–Crippen MR) is 160 cm³/mol. The van der Waals surface area contributed by atoms with Gasteiger partial charge in [0.25, 0.3) is 10.0 Å². The van der Waals surface area contributed by atoms with Crippen molar-refractivity contribution in [3.8, 4) is 11.4 Å². The third kappa shape index (κ3) is 5.40. The summed E-state index contributed by atoms with van der Waals surface area (Å²) in [6.45, 7) is 7.06. The monoisotopic (exact) mass is 595 g/mol. The molecule has 4 aromatic rings. The highest BCUT2D eigenvalue weighted by Crippen LogP contribution is 2.39. The van der Waals surface area contributed by atoms with Crippen LogP contribution in [0, 0.1) is 5.92 Å². The maximum atomic E-state index is 12.5. The molecule has 11 nitrogen and oxygen atoms in total. The number of pyridine rings is 1. The topological polar surface area (TPSA) is 140 Å². The van der Waals surface area contributed by atoms with Gasteiger partial charge in [-0.15, -0.1) is 0 Å². The van der Waals surface area contributed by atoms with Crippen molar-refractivity contribution in [2.45, 2.75) is 50.8 Å². The largest absolute Gasteiger partial charge is 0.368 e. The molecule has 2 fully saturated rings. The van der Waals surface area contributed by atoms with Crippen molar-refractivity contribution in [3.05, 3.63) is 54.6 Å². The van der Waals surface area contributed by atoms with Gasteiger partial charge in [-0.05, 0) is 54.8 Å². The standard InChI is InChI=1S/C28H33N7O4S2/c1-17(2)22-7-8-25(34-14-20(18(34)3)16-40(4,36)37)24-13-30-27(11-23(22)24)32-26-9-10-29-28(33-26)19-12-31-35(15-19)41(38,39)21-5-6-21/h7-13,15,17-18,20-21H,5-6,14,16H2,1-4H3,(H,29,30,32,33)/t18-,20-/m0/s1. The third-order valence-electron chi connectivity index (χ3n) is 7.90. The van der Waals surface area contributed by atoms with Crippen molar-refractivity contribution in [3.63, 3.8) is 0 Å². The van der Waals surface area contributed by atoms with Gasteiger partial charge in [0.1, 0.15) is 21.5 Å². The van der Waals surface area contributed by atoms with E-state index >= 15 is 0 Å². The van der Waals surface area contributed by atoms with Crippen molar-refractivity contribution < 1.29 is 16.8 Å². The number of fused-ring (bicyclic) bond motifs is 1. The van der Waals surface area contributed by atoms with E-state index in [2.05, 4.69) is 63.2 Å². The first-order valence-corrected chi connectivity index (χ1v) is 17.2. The molecule has 0 amide bonds. The van der Waals surface area contributed by atoms with Gasteiger partial charge in [0.2, 0.25) is 0 Å². The quantitative estimate of drug-likeness (QED) is 0.302. The predicted octanol–water partition coefficient (Wildman–Crippen LogP) is 3.96. The fourth-order valence-corrected chi connectivity index (χ4v) is 8.07. The van der Waals surface area contributed by atoms with Crippen molar-refractivity contribution in [2.75, 3.05) is 28.8 Å². The maximum Gasteiger partial charge on any atom is 0.256 e. The van der Waals surface area contributed by atoms with Gasteiger partial charge in [0.05, 0.1) is 29.0 Å². The summed E-state index contributed by atoms with van der Waals surface area (Å²) in [5.74, 6) is 2.06. The maximum absolute atomic E-state index is 12.5. The Morgan fingerprint density at radius 1 is 1.02 bits per heavy atom. The number of rotatable bonds is 9. The number of aromatic nitrogens is 5. The van der Waals surface area contributed by atoms with E-state index in [1.165, 1.54) is 24.2 Å². The van der Waals surface area contributed by atoms with Gasteiger partial charge in [-0.2, -0.15) is 9.19 Å². The van der Waals surface area contributed by atoms with Crippen LogP contribution in [-0.4, -0.2) is 70.8 Å². The van der Waals surface area contributed by atoms with Crippen LogP contribution in [0.1, 0.15) is 45.1 Å². The second-order valence-electron chi connectivity index (χ2n) is 11.4. The van der Waals surface area contributed by atoms with Crippen molar-refractivity contribution >= 4 is 48.0 Å². The van der Waals surface area contributed by atoms with Crippen LogP contribution in [0.15, 0.2) is 49.1 Å². The van der Waals surface area contributed by atoms with E-state index in [0.29, 0.717) is 42.4 Å². The van der Waals surface area contributed by atoms with Crippen LogP contribution < -0.4 is 10.2 Å². The molecule has 0 spiro atoms. The second-order valence-corrected chi connectivity index (χ2v) is 15.7. The molecule has 1 N–H and O–H groups in total. The van der Waals surface area contributed by atoms with Gasteiger partial charge in [-0.1, -0.05) is 19.9 Å². The molecule has 13 heteroatoms. The fourth-order valence-electron chi connectivity index (χ4n) is 5.43. The molecule has 0 unspecified atom stereocenters. The Balaban J connectivity index is 1.28. The Hall–Kier alpha value is -3.58. The number of benzene rings is 1. The van der Waals surface area contributed by atoms with Crippen LogP contribution in [0.2, 0.25) is 0 Å². The molecule has 216 valence electrons. The summed E-state index contributed by atoms with van der Waals surface area (Å²) in [7, 11) is -6.51. The molecule has 6 rings (SSSR count). The zero-order chi connectivity index (χ0) is 29.1. The van der Waals surface area contributed by atoms with Gasteiger partial charge < -0.3 is 10.2 Å². The minimum Gasteiger partial charge on any atom is -0.368 e. The molecule has 3 aromatic heterocycles. The molecular weight excluding hydrogens is 562 g/mol. The van der Waals surface area contributed by atoms with Gasteiger partial charge in [0.15, 0.2) is 5.82 Å². The first kappa shape index (κ1) is 27.6. The highest BCUT2D eigenvalue weighted by atomic mass is 32.2. The van der Waals surface area contributed by atoms with Crippen LogP contribution in [0.5, 0.6) is 0 Å². The first-order valence-electron chi connectivity index (χ1n) is 13.7. The Bertz CT molecular complexity index is 1850. The molecule has 1 aromatic carbocycles. The number of nitrogens with zero attached hydrogens (tertiary/aromatic N) is 6. The highest BCUT2D eigenvalue weighted by Gasteiger charge is 2.39. The highest BCUT2D eigenvalue weighted by molar-refractivity contribution is 7.90. The van der Waals surface area contributed by atoms with Crippen LogP contribution in [0.4, 0.5) is 17.3 Å². The average Bonchev–Trinajstić information content (AvgIpc) is 3.66. The molecule has 1 aliphatic heterocycles. The summed E-state index contributed by atoms with van der Waals surface area (Å²) < 4.78 is 49.7. The smallest absolute Gasteiger partial charge is 0.256 e. The van der Waals surface area contributed by atoms with Gasteiger partial charge in [0, 0.05) is 48.2 Å². The number of nitrogens with one attached hydrogen (secondary N) is 1. The van der Waals surface area contributed by atoms with E-state index in [-0.39, 0.29) is 28.9 Å². The SMILES string of the molecule is CC(C)c1ccc(N2C[C@@H](CS(C)(=O)=O)[C@@H]2C)c2cnc(Nc3ccnc(-c4cnn(S(=O)(=O)C5CC5)c4)n3)cc12. The minimum atomic E-state index is -3.47. The van der Waals surface area contributed by atoms with Gasteiger partial charge >= 0.3 is 0 Å². The van der Waals surface area contributed by atoms with E-state index in [0.717, 1.165) is 20.5 Å². The number of hydrogen-bond donors (Lipinski definition) is 1. The lowest BCUT2D eigenvalue weighted by Gasteiger charge is -2.48. The molecule has 0 radical (unpaired) electrons. The zero-order valence-electron chi connectivity index (χ0n) is 23.4. The Labute approximate surface area is 240 Å². The summed E-state index contributed by atoms with van der Waals surface area (Å²) in [6, 6.07) is 8.09. The normalized spacial score (nSPS) is 19.5. The van der Waals surface area contributed by atoms with Crippen molar-refractivity contribution in [1.29, 1.82) is 0 Å². The zero-order valence-corrected chi connectivity index (χ0v) is 25.0. The van der Waals surface area contributed by atoms with E-state index in [1.54, 1.807) is 12.3 Å². The molecule has 1 aliphatic carbocycles. The Morgan fingerprint density at radius 2 is 1.80 bits per heavy atom. The Kier molecular flexibility index (Phi) is 6.76. The van der Waals surface area contributed by atoms with E-state index in [1.807, 2.05) is 12.3 Å². The van der Waals surface area contributed by atoms with Crippen molar-refractivity contribution in [1.82, 2.24) is 24.1 Å². The van der Waals surface area contributed by atoms with E-state index in [4.69, 9.17) is 0 Å². The molecular formula is C28H33N7O4S2.